The Bertz CT molecular complexity index is 978. The number of carbonyl (C=O) groups is 1. The van der Waals surface area contributed by atoms with Crippen molar-refractivity contribution in [3.63, 3.8) is 0 Å². The van der Waals surface area contributed by atoms with E-state index >= 15 is 0 Å². The third-order valence-corrected chi connectivity index (χ3v) is 5.03. The highest BCUT2D eigenvalue weighted by atomic mass is 16.5. The lowest BCUT2D eigenvalue weighted by Crippen LogP contribution is -2.35. The molecule has 7 heteroatoms. The van der Waals surface area contributed by atoms with E-state index in [0.717, 1.165) is 40.3 Å². The number of hydrogen-bond acceptors (Lipinski definition) is 5. The number of ether oxygens (including phenoxy) is 2. The number of aromatic nitrogens is 2. The van der Waals surface area contributed by atoms with Crippen molar-refractivity contribution in [1.29, 1.82) is 0 Å². The monoisotopic (exact) mass is 395 g/mol. The summed E-state index contributed by atoms with van der Waals surface area (Å²) in [7, 11) is 1.66. The molecule has 0 radical (unpaired) electrons. The molecule has 0 unspecified atom stereocenters. The van der Waals surface area contributed by atoms with Crippen molar-refractivity contribution in [2.45, 2.75) is 33.0 Å². The average Bonchev–Trinajstić information content (AvgIpc) is 3.37. The van der Waals surface area contributed by atoms with Crippen LogP contribution in [0.15, 0.2) is 47.2 Å². The van der Waals surface area contributed by atoms with Crippen molar-refractivity contribution in [1.82, 2.24) is 14.7 Å². The van der Waals surface area contributed by atoms with Crippen LogP contribution in [-0.2, 0) is 29.2 Å². The molecular formula is C22H25N3O4. The Kier molecular flexibility index (Phi) is 5.67. The molecule has 1 aliphatic rings. The molecule has 0 saturated carbocycles. The lowest BCUT2D eigenvalue weighted by atomic mass is 10.0. The molecule has 0 fully saturated rings. The molecule has 2 aromatic heterocycles. The van der Waals surface area contributed by atoms with Crippen molar-refractivity contribution < 1.29 is 18.7 Å². The summed E-state index contributed by atoms with van der Waals surface area (Å²) in [5.74, 6) is 1.57. The summed E-state index contributed by atoms with van der Waals surface area (Å²) >= 11 is 0. The molecule has 1 aliphatic heterocycles. The fraction of sp³-hybridized carbons (Fsp3) is 0.364. The van der Waals surface area contributed by atoms with Crippen LogP contribution in [0.3, 0.4) is 0 Å². The number of methoxy groups -OCH3 is 1. The Morgan fingerprint density at radius 1 is 1.34 bits per heavy atom. The van der Waals surface area contributed by atoms with Crippen LogP contribution in [0.2, 0.25) is 0 Å². The van der Waals surface area contributed by atoms with Gasteiger partial charge in [-0.15, -0.1) is 0 Å². The molecule has 0 aliphatic carbocycles. The van der Waals surface area contributed by atoms with Crippen molar-refractivity contribution in [2.24, 2.45) is 0 Å². The maximum atomic E-state index is 13.1. The molecule has 1 amide bonds. The van der Waals surface area contributed by atoms with E-state index in [0.29, 0.717) is 26.3 Å². The van der Waals surface area contributed by atoms with E-state index in [1.165, 1.54) is 0 Å². The Morgan fingerprint density at radius 3 is 3.03 bits per heavy atom. The van der Waals surface area contributed by atoms with Crippen LogP contribution in [0.25, 0.3) is 11.3 Å². The molecular weight excluding hydrogens is 370 g/mol. The Hall–Kier alpha value is -3.06. The highest BCUT2D eigenvalue weighted by Crippen LogP contribution is 2.37. The lowest BCUT2D eigenvalue weighted by Gasteiger charge is -2.23. The average molecular weight is 395 g/mol. The third kappa shape index (κ3) is 4.19. The normalized spacial score (nSPS) is 12.2. The van der Waals surface area contributed by atoms with Gasteiger partial charge in [0.15, 0.2) is 0 Å². The van der Waals surface area contributed by atoms with Crippen LogP contribution in [-0.4, -0.2) is 40.8 Å². The van der Waals surface area contributed by atoms with Gasteiger partial charge in [0, 0.05) is 31.4 Å². The number of furan rings is 1. The second-order valence-corrected chi connectivity index (χ2v) is 7.21. The third-order valence-electron chi connectivity index (χ3n) is 5.03. The van der Waals surface area contributed by atoms with Gasteiger partial charge in [-0.2, -0.15) is 5.10 Å². The molecule has 3 heterocycles. The summed E-state index contributed by atoms with van der Waals surface area (Å²) in [6, 6.07) is 9.78. The standard InChI is InChI=1S/C22H25N3O4/c1-16-6-7-20-19(11-16)22-17(15-29-20)12-23-25(22)14-21(26)24(8-4-9-27-2)13-18-5-3-10-28-18/h3,5-7,10-12H,4,8-9,13-15H2,1-2H3. The zero-order chi connectivity index (χ0) is 20.2. The van der Waals surface area contributed by atoms with Crippen molar-refractivity contribution >= 4 is 5.91 Å². The minimum Gasteiger partial charge on any atom is -0.488 e. The van der Waals surface area contributed by atoms with Gasteiger partial charge in [0.1, 0.15) is 24.7 Å². The molecule has 29 heavy (non-hydrogen) atoms. The molecule has 0 atom stereocenters. The van der Waals surface area contributed by atoms with Gasteiger partial charge in [-0.05, 0) is 37.6 Å². The van der Waals surface area contributed by atoms with E-state index in [2.05, 4.69) is 11.2 Å². The quantitative estimate of drug-likeness (QED) is 0.547. The van der Waals surface area contributed by atoms with Gasteiger partial charge in [-0.3, -0.25) is 9.48 Å². The SMILES string of the molecule is COCCCN(Cc1ccco1)C(=O)Cn1ncc2c1-c1cc(C)ccc1OC2. The summed E-state index contributed by atoms with van der Waals surface area (Å²) in [6.07, 6.45) is 4.17. The zero-order valence-corrected chi connectivity index (χ0v) is 16.8. The number of carbonyl (C=O) groups excluding carboxylic acids is 1. The molecule has 0 spiro atoms. The first kappa shape index (κ1) is 19.3. The van der Waals surface area contributed by atoms with E-state index in [1.54, 1.807) is 29.2 Å². The van der Waals surface area contributed by atoms with Gasteiger partial charge in [0.2, 0.25) is 5.91 Å². The van der Waals surface area contributed by atoms with E-state index in [1.807, 2.05) is 31.2 Å². The molecule has 0 N–H and O–H groups in total. The molecule has 1 aromatic carbocycles. The highest BCUT2D eigenvalue weighted by Gasteiger charge is 2.25. The predicted octanol–water partition coefficient (Wildman–Crippen LogP) is 3.41. The Morgan fingerprint density at radius 2 is 2.24 bits per heavy atom. The maximum Gasteiger partial charge on any atom is 0.244 e. The van der Waals surface area contributed by atoms with Crippen LogP contribution in [0.1, 0.15) is 23.3 Å². The number of hydrogen-bond donors (Lipinski definition) is 0. The smallest absolute Gasteiger partial charge is 0.244 e. The van der Waals surface area contributed by atoms with Gasteiger partial charge in [-0.1, -0.05) is 11.6 Å². The number of aryl methyl sites for hydroxylation is 1. The topological polar surface area (TPSA) is 69.7 Å². The summed E-state index contributed by atoms with van der Waals surface area (Å²) in [6.45, 7) is 4.29. The van der Waals surface area contributed by atoms with Crippen LogP contribution in [0, 0.1) is 6.92 Å². The molecule has 4 rings (SSSR count). The van der Waals surface area contributed by atoms with Gasteiger partial charge in [0.05, 0.1) is 24.7 Å². The first-order valence-electron chi connectivity index (χ1n) is 9.73. The van der Waals surface area contributed by atoms with Crippen molar-refractivity contribution in [3.05, 3.63) is 59.7 Å². The maximum absolute atomic E-state index is 13.1. The van der Waals surface area contributed by atoms with E-state index < -0.39 is 0 Å². The van der Waals surface area contributed by atoms with E-state index in [-0.39, 0.29) is 12.5 Å². The van der Waals surface area contributed by atoms with Gasteiger partial charge >= 0.3 is 0 Å². The Labute approximate surface area is 169 Å². The predicted molar refractivity (Wildman–Crippen MR) is 107 cm³/mol. The first-order chi connectivity index (χ1) is 14.2. The fourth-order valence-corrected chi connectivity index (χ4v) is 3.58. The highest BCUT2D eigenvalue weighted by molar-refractivity contribution is 5.78. The van der Waals surface area contributed by atoms with Gasteiger partial charge in [0.25, 0.3) is 0 Å². The number of benzene rings is 1. The molecule has 3 aromatic rings. The lowest BCUT2D eigenvalue weighted by molar-refractivity contribution is -0.133. The van der Waals surface area contributed by atoms with Crippen LogP contribution >= 0.6 is 0 Å². The molecule has 7 nitrogen and oxygen atoms in total. The second kappa shape index (κ2) is 8.53. The molecule has 0 saturated heterocycles. The van der Waals surface area contributed by atoms with Crippen LogP contribution in [0.5, 0.6) is 5.75 Å². The molecule has 0 bridgehead atoms. The minimum absolute atomic E-state index is 0.0101. The first-order valence-corrected chi connectivity index (χ1v) is 9.73. The second-order valence-electron chi connectivity index (χ2n) is 7.21. The largest absolute Gasteiger partial charge is 0.488 e. The van der Waals surface area contributed by atoms with Gasteiger partial charge in [-0.25, -0.2) is 0 Å². The number of amides is 1. The van der Waals surface area contributed by atoms with E-state index in [4.69, 9.17) is 13.9 Å². The molecule has 152 valence electrons. The van der Waals surface area contributed by atoms with Crippen LogP contribution < -0.4 is 4.74 Å². The number of fused-ring (bicyclic) bond motifs is 3. The van der Waals surface area contributed by atoms with Crippen molar-refractivity contribution in [3.8, 4) is 17.0 Å². The zero-order valence-electron chi connectivity index (χ0n) is 16.8. The van der Waals surface area contributed by atoms with Gasteiger partial charge < -0.3 is 18.8 Å². The fourth-order valence-electron chi connectivity index (χ4n) is 3.58. The van der Waals surface area contributed by atoms with Crippen molar-refractivity contribution in [2.75, 3.05) is 20.3 Å². The van der Waals surface area contributed by atoms with Crippen LogP contribution in [0.4, 0.5) is 0 Å². The summed E-state index contributed by atoms with van der Waals surface area (Å²) in [4.78, 5) is 14.9. The Balaban J connectivity index is 1.56. The summed E-state index contributed by atoms with van der Waals surface area (Å²) in [5.41, 5.74) is 4.07. The summed E-state index contributed by atoms with van der Waals surface area (Å²) in [5, 5.41) is 4.48. The number of rotatable bonds is 8. The van der Waals surface area contributed by atoms with E-state index in [9.17, 15) is 4.79 Å². The number of nitrogens with zero attached hydrogens (tertiary/aromatic N) is 3. The minimum atomic E-state index is -0.0101. The summed E-state index contributed by atoms with van der Waals surface area (Å²) < 4.78 is 18.2.